The lowest BCUT2D eigenvalue weighted by molar-refractivity contribution is -0.134. The van der Waals surface area contributed by atoms with Crippen LogP contribution in [0.2, 0.25) is 0 Å². The van der Waals surface area contributed by atoms with Crippen molar-refractivity contribution >= 4 is 22.8 Å². The third-order valence-corrected chi connectivity index (χ3v) is 2.59. The molecule has 6 nitrogen and oxygen atoms in total. The predicted octanol–water partition coefficient (Wildman–Crippen LogP) is 1.84. The molecule has 118 valence electrons. The monoisotopic (exact) mass is 308 g/mol. The second-order valence-corrected chi connectivity index (χ2v) is 4.66. The smallest absolute Gasteiger partial charge is 0.328 e. The Morgan fingerprint density at radius 3 is 2.36 bits per heavy atom. The van der Waals surface area contributed by atoms with Crippen molar-refractivity contribution in [2.24, 2.45) is 5.73 Å². The Balaban J connectivity index is 0.000000261. The van der Waals surface area contributed by atoms with Crippen molar-refractivity contribution in [1.82, 2.24) is 4.57 Å². The zero-order valence-electron chi connectivity index (χ0n) is 11.9. The topological polar surface area (TPSA) is 106 Å². The Morgan fingerprint density at radius 1 is 1.27 bits per heavy atom. The average molecular weight is 308 g/mol. The van der Waals surface area contributed by atoms with E-state index in [4.69, 9.17) is 15.9 Å². The van der Waals surface area contributed by atoms with Crippen LogP contribution in [-0.4, -0.2) is 32.8 Å². The van der Waals surface area contributed by atoms with Gasteiger partial charge in [0.05, 0.1) is 0 Å². The zero-order valence-corrected chi connectivity index (χ0v) is 11.9. The molecule has 0 saturated heterocycles. The quantitative estimate of drug-likeness (QED) is 0.747. The molecule has 0 amide bonds. The maximum Gasteiger partial charge on any atom is 0.328 e. The Labute approximate surface area is 126 Å². The molecule has 2 rings (SSSR count). The molecule has 0 aliphatic heterocycles. The second-order valence-electron chi connectivity index (χ2n) is 4.66. The van der Waals surface area contributed by atoms with Gasteiger partial charge in [-0.25, -0.2) is 14.0 Å². The van der Waals surface area contributed by atoms with E-state index >= 15 is 0 Å². The van der Waals surface area contributed by atoms with Gasteiger partial charge in [-0.2, -0.15) is 0 Å². The number of carboxylic acids is 2. The summed E-state index contributed by atoms with van der Waals surface area (Å²) in [4.78, 5) is 19.1. The number of halogens is 1. The number of benzene rings is 1. The number of fused-ring (bicyclic) bond motifs is 1. The highest BCUT2D eigenvalue weighted by molar-refractivity contribution is 5.89. The van der Waals surface area contributed by atoms with E-state index < -0.39 is 11.9 Å². The molecule has 0 spiro atoms. The minimum atomic E-state index is -1.26. The molecule has 1 aromatic carbocycles. The lowest BCUT2D eigenvalue weighted by Gasteiger charge is -2.07. The molecule has 0 unspecified atom stereocenters. The Bertz CT molecular complexity index is 676. The molecule has 0 radical (unpaired) electrons. The van der Waals surface area contributed by atoms with E-state index in [9.17, 15) is 14.0 Å². The van der Waals surface area contributed by atoms with Crippen molar-refractivity contribution in [2.75, 3.05) is 0 Å². The Hall–Kier alpha value is -2.67. The molecule has 0 aliphatic rings. The van der Waals surface area contributed by atoms with E-state index in [-0.39, 0.29) is 11.9 Å². The van der Waals surface area contributed by atoms with Crippen LogP contribution in [0, 0.1) is 5.82 Å². The molecule has 1 heterocycles. The largest absolute Gasteiger partial charge is 0.478 e. The lowest BCUT2D eigenvalue weighted by atomic mass is 10.2. The molecule has 0 bridgehead atoms. The number of carboxylic acid groups (broad SMARTS) is 2. The number of hydrogen-bond acceptors (Lipinski definition) is 3. The molecule has 1 atom stereocenters. The van der Waals surface area contributed by atoms with E-state index in [1.807, 2.05) is 23.8 Å². The van der Waals surface area contributed by atoms with E-state index in [0.29, 0.717) is 12.2 Å². The molecule has 7 heteroatoms. The summed E-state index contributed by atoms with van der Waals surface area (Å²) >= 11 is 0. The van der Waals surface area contributed by atoms with Crippen molar-refractivity contribution in [3.63, 3.8) is 0 Å². The second kappa shape index (κ2) is 7.94. The molecule has 1 aromatic heterocycles. The molecule has 2 aromatic rings. The van der Waals surface area contributed by atoms with E-state index in [1.54, 1.807) is 6.07 Å². The number of aliphatic carboxylic acids is 2. The highest BCUT2D eigenvalue weighted by Crippen LogP contribution is 2.17. The fraction of sp³-hybridized carbons (Fsp3) is 0.200. The molecule has 0 saturated carbocycles. The number of aromatic nitrogens is 1. The number of carbonyl (C=O) groups is 2. The van der Waals surface area contributed by atoms with Gasteiger partial charge in [0.25, 0.3) is 0 Å². The van der Waals surface area contributed by atoms with Crippen LogP contribution < -0.4 is 5.73 Å². The van der Waals surface area contributed by atoms with Crippen LogP contribution in [-0.2, 0) is 16.1 Å². The summed E-state index contributed by atoms with van der Waals surface area (Å²) in [5.41, 5.74) is 6.74. The van der Waals surface area contributed by atoms with E-state index in [1.165, 1.54) is 12.1 Å². The number of nitrogens with zero attached hydrogens (tertiary/aromatic N) is 1. The molecular formula is C15H17FN2O4. The van der Waals surface area contributed by atoms with Crippen molar-refractivity contribution in [1.29, 1.82) is 0 Å². The molecule has 22 heavy (non-hydrogen) atoms. The first-order valence-electron chi connectivity index (χ1n) is 6.43. The summed E-state index contributed by atoms with van der Waals surface area (Å²) < 4.78 is 14.9. The van der Waals surface area contributed by atoms with Gasteiger partial charge in [-0.1, -0.05) is 0 Å². The van der Waals surface area contributed by atoms with Gasteiger partial charge in [-0.05, 0) is 31.2 Å². The highest BCUT2D eigenvalue weighted by Gasteiger charge is 2.03. The molecule has 0 aliphatic carbocycles. The molecular weight excluding hydrogens is 291 g/mol. The number of nitrogens with two attached hydrogens (primary N) is 1. The first kappa shape index (κ1) is 17.4. The third kappa shape index (κ3) is 5.76. The van der Waals surface area contributed by atoms with Crippen LogP contribution in [0.15, 0.2) is 42.6 Å². The number of hydrogen-bond donors (Lipinski definition) is 3. The minimum absolute atomic E-state index is 0.107. The van der Waals surface area contributed by atoms with Gasteiger partial charge in [0.15, 0.2) is 0 Å². The zero-order chi connectivity index (χ0) is 16.7. The average Bonchev–Trinajstić information content (AvgIpc) is 2.78. The van der Waals surface area contributed by atoms with Gasteiger partial charge in [0.1, 0.15) is 5.82 Å². The van der Waals surface area contributed by atoms with Crippen LogP contribution in [0.5, 0.6) is 0 Å². The van der Waals surface area contributed by atoms with Crippen molar-refractivity contribution in [3.05, 3.63) is 48.4 Å². The van der Waals surface area contributed by atoms with E-state index in [2.05, 4.69) is 0 Å². The maximum atomic E-state index is 12.9. The molecule has 4 N–H and O–H groups in total. The van der Waals surface area contributed by atoms with Crippen molar-refractivity contribution in [2.45, 2.75) is 19.5 Å². The highest BCUT2D eigenvalue weighted by atomic mass is 19.1. The summed E-state index contributed by atoms with van der Waals surface area (Å²) in [7, 11) is 0. The van der Waals surface area contributed by atoms with Crippen molar-refractivity contribution in [3.8, 4) is 0 Å². The van der Waals surface area contributed by atoms with Crippen LogP contribution in [0.3, 0.4) is 0 Å². The first-order valence-corrected chi connectivity index (χ1v) is 6.43. The fourth-order valence-electron chi connectivity index (χ4n) is 1.78. The van der Waals surface area contributed by atoms with Gasteiger partial charge >= 0.3 is 11.9 Å². The first-order chi connectivity index (χ1) is 10.3. The summed E-state index contributed by atoms with van der Waals surface area (Å²) in [5, 5.41) is 16.5. The Morgan fingerprint density at radius 2 is 1.86 bits per heavy atom. The van der Waals surface area contributed by atoms with Crippen LogP contribution >= 0.6 is 0 Å². The van der Waals surface area contributed by atoms with Crippen LogP contribution in [0.4, 0.5) is 4.39 Å². The third-order valence-electron chi connectivity index (χ3n) is 2.59. The predicted molar refractivity (Wildman–Crippen MR) is 80.0 cm³/mol. The summed E-state index contributed by atoms with van der Waals surface area (Å²) in [6.45, 7) is 2.71. The van der Waals surface area contributed by atoms with Gasteiger partial charge in [-0.15, -0.1) is 0 Å². The normalized spacial score (nSPS) is 12.0. The fourth-order valence-corrected chi connectivity index (χ4v) is 1.78. The van der Waals surface area contributed by atoms with E-state index in [0.717, 1.165) is 17.4 Å². The van der Waals surface area contributed by atoms with Gasteiger partial charge < -0.3 is 20.5 Å². The summed E-state index contributed by atoms with van der Waals surface area (Å²) in [6, 6.07) is 6.80. The maximum absolute atomic E-state index is 12.9. The van der Waals surface area contributed by atoms with Crippen molar-refractivity contribution < 1.29 is 24.2 Å². The van der Waals surface area contributed by atoms with Gasteiger partial charge in [-0.3, -0.25) is 0 Å². The lowest BCUT2D eigenvalue weighted by Crippen LogP contribution is -2.21. The van der Waals surface area contributed by atoms with Gasteiger partial charge in [0.2, 0.25) is 0 Å². The van der Waals surface area contributed by atoms with Gasteiger partial charge in [0, 0.05) is 41.8 Å². The molecule has 0 fully saturated rings. The summed E-state index contributed by atoms with van der Waals surface area (Å²) in [6.07, 6.45) is 3.05. The van der Waals surface area contributed by atoms with Crippen LogP contribution in [0.25, 0.3) is 10.9 Å². The Kier molecular flexibility index (Phi) is 6.27. The standard InChI is InChI=1S/C11H13FN2.C4H4O4/c1-8(13)7-14-5-4-9-6-10(12)2-3-11(9)14;5-3(6)1-2-4(7)8/h2-6,8H,7,13H2,1H3;1-2H,(H,5,6)(H,7,8)/b;2-1+/t8-;/m1./s1. The number of rotatable bonds is 4. The summed E-state index contributed by atoms with van der Waals surface area (Å²) in [5.74, 6) is -2.71. The van der Waals surface area contributed by atoms with Crippen LogP contribution in [0.1, 0.15) is 6.92 Å². The minimum Gasteiger partial charge on any atom is -0.478 e. The SMILES string of the molecule is C[C@@H](N)Cn1ccc2cc(F)ccc21.O=C(O)/C=C/C(=O)O.